The fourth-order valence-corrected chi connectivity index (χ4v) is 3.55. The first-order valence-electron chi connectivity index (χ1n) is 8.21. The fourth-order valence-electron chi connectivity index (χ4n) is 3.55. The van der Waals surface area contributed by atoms with Crippen LogP contribution in [0.4, 0.5) is 5.82 Å². The molecule has 2 aliphatic rings. The Bertz CT molecular complexity index is 686. The van der Waals surface area contributed by atoms with E-state index in [1.165, 1.54) is 0 Å². The summed E-state index contributed by atoms with van der Waals surface area (Å²) in [6.45, 7) is 8.08. The molecule has 2 N–H and O–H groups in total. The largest absolute Gasteiger partial charge is 0.387 e. The van der Waals surface area contributed by atoms with Gasteiger partial charge in [0.15, 0.2) is 0 Å². The maximum Gasteiger partial charge on any atom is 0.254 e. The van der Waals surface area contributed by atoms with E-state index in [-0.39, 0.29) is 0 Å². The first kappa shape index (κ1) is 14.8. The van der Waals surface area contributed by atoms with Crippen molar-refractivity contribution in [1.82, 2.24) is 29.8 Å². The van der Waals surface area contributed by atoms with Crippen molar-refractivity contribution in [2.45, 2.75) is 18.9 Å². The summed E-state index contributed by atoms with van der Waals surface area (Å²) in [6.07, 6.45) is 2.39. The molecular weight excluding hydrogens is 294 g/mol. The Kier molecular flexibility index (Phi) is 3.67. The minimum Gasteiger partial charge on any atom is -0.387 e. The predicted octanol–water partition coefficient (Wildman–Crippen LogP) is -0.721. The molecule has 1 unspecified atom stereocenters. The highest BCUT2D eigenvalue weighted by molar-refractivity contribution is 5.47. The zero-order valence-corrected chi connectivity index (χ0v) is 13.4. The van der Waals surface area contributed by atoms with Crippen LogP contribution >= 0.6 is 0 Å². The molecule has 2 saturated heterocycles. The minimum atomic E-state index is -0.561. The first-order chi connectivity index (χ1) is 11.1. The molecule has 2 fully saturated rings. The second-order valence-corrected chi connectivity index (χ2v) is 6.64. The molecule has 0 aromatic carbocycles. The average molecular weight is 317 g/mol. The quantitative estimate of drug-likeness (QED) is 0.773. The number of fused-ring (bicyclic) bond motifs is 1. The smallest absolute Gasteiger partial charge is 0.254 e. The minimum absolute atomic E-state index is 0.561. The Hall–Kier alpha value is -1.77. The standard InChI is InChI=1S/C15H23N7O/c1-12-8-13(22-14(19-12)17-11-18-22)21-6-4-20(5-7-21)10-15(23)2-3-16-9-15/h8,11,16,23H,2-7,9-10H2,1H3. The van der Waals surface area contributed by atoms with Crippen molar-refractivity contribution >= 4 is 11.6 Å². The molecule has 4 heterocycles. The van der Waals surface area contributed by atoms with E-state index in [0.717, 1.165) is 57.2 Å². The van der Waals surface area contributed by atoms with Gasteiger partial charge >= 0.3 is 0 Å². The number of nitrogens with zero attached hydrogens (tertiary/aromatic N) is 6. The van der Waals surface area contributed by atoms with E-state index in [1.54, 1.807) is 10.8 Å². The van der Waals surface area contributed by atoms with Gasteiger partial charge in [0.2, 0.25) is 0 Å². The molecule has 0 bridgehead atoms. The van der Waals surface area contributed by atoms with E-state index >= 15 is 0 Å². The van der Waals surface area contributed by atoms with Crippen molar-refractivity contribution in [3.8, 4) is 0 Å². The van der Waals surface area contributed by atoms with Gasteiger partial charge in [0, 0.05) is 51.0 Å². The normalized spacial score (nSPS) is 26.3. The van der Waals surface area contributed by atoms with Crippen molar-refractivity contribution < 1.29 is 5.11 Å². The summed E-state index contributed by atoms with van der Waals surface area (Å²) in [7, 11) is 0. The van der Waals surface area contributed by atoms with Gasteiger partial charge in [-0.15, -0.1) is 0 Å². The molecule has 0 saturated carbocycles. The highest BCUT2D eigenvalue weighted by atomic mass is 16.3. The molecule has 0 radical (unpaired) electrons. The second kappa shape index (κ2) is 5.70. The van der Waals surface area contributed by atoms with Crippen LogP contribution in [0.2, 0.25) is 0 Å². The van der Waals surface area contributed by atoms with Crippen LogP contribution < -0.4 is 10.2 Å². The Balaban J connectivity index is 1.45. The lowest BCUT2D eigenvalue weighted by molar-refractivity contribution is 0.0193. The lowest BCUT2D eigenvalue weighted by Crippen LogP contribution is -2.53. The Morgan fingerprint density at radius 2 is 2.13 bits per heavy atom. The van der Waals surface area contributed by atoms with Gasteiger partial charge in [-0.25, -0.2) is 4.98 Å². The van der Waals surface area contributed by atoms with Crippen molar-refractivity contribution in [2.24, 2.45) is 0 Å². The number of aromatic nitrogens is 4. The number of β-amino-alcohol motifs (C(OH)–C–C–N with tert-alkyl or cyclic N) is 1. The SMILES string of the molecule is Cc1cc(N2CCN(CC3(O)CCNC3)CC2)n2ncnc2n1. The molecule has 4 rings (SSSR count). The average Bonchev–Trinajstić information content (AvgIpc) is 3.16. The summed E-state index contributed by atoms with van der Waals surface area (Å²) in [6, 6.07) is 2.06. The molecular formula is C15H23N7O. The molecule has 2 aliphatic heterocycles. The van der Waals surface area contributed by atoms with E-state index in [4.69, 9.17) is 0 Å². The summed E-state index contributed by atoms with van der Waals surface area (Å²) in [4.78, 5) is 13.3. The van der Waals surface area contributed by atoms with Crippen molar-refractivity contribution in [3.63, 3.8) is 0 Å². The van der Waals surface area contributed by atoms with Crippen LogP contribution in [-0.2, 0) is 0 Å². The number of hydrogen-bond donors (Lipinski definition) is 2. The van der Waals surface area contributed by atoms with Gasteiger partial charge < -0.3 is 15.3 Å². The van der Waals surface area contributed by atoms with Crippen LogP contribution in [0, 0.1) is 6.92 Å². The van der Waals surface area contributed by atoms with Crippen LogP contribution in [0.1, 0.15) is 12.1 Å². The number of aliphatic hydroxyl groups is 1. The molecule has 23 heavy (non-hydrogen) atoms. The van der Waals surface area contributed by atoms with E-state index < -0.39 is 5.60 Å². The number of rotatable bonds is 3. The summed E-state index contributed by atoms with van der Waals surface area (Å²) < 4.78 is 1.80. The lowest BCUT2D eigenvalue weighted by Gasteiger charge is -2.38. The van der Waals surface area contributed by atoms with Gasteiger partial charge in [0.25, 0.3) is 5.78 Å². The van der Waals surface area contributed by atoms with Crippen molar-refractivity contribution in [2.75, 3.05) is 50.7 Å². The summed E-state index contributed by atoms with van der Waals surface area (Å²) in [5, 5.41) is 18.1. The molecule has 0 amide bonds. The van der Waals surface area contributed by atoms with Gasteiger partial charge in [0.1, 0.15) is 12.1 Å². The summed E-state index contributed by atoms with van der Waals surface area (Å²) >= 11 is 0. The molecule has 1 atom stereocenters. The maximum atomic E-state index is 10.5. The zero-order chi connectivity index (χ0) is 15.9. The Morgan fingerprint density at radius 1 is 1.30 bits per heavy atom. The molecule has 0 aliphatic carbocycles. The lowest BCUT2D eigenvalue weighted by atomic mass is 10.0. The van der Waals surface area contributed by atoms with E-state index in [9.17, 15) is 5.11 Å². The van der Waals surface area contributed by atoms with Crippen LogP contribution in [0.3, 0.4) is 0 Å². The number of hydrogen-bond acceptors (Lipinski definition) is 7. The van der Waals surface area contributed by atoms with E-state index in [1.807, 2.05) is 6.92 Å². The van der Waals surface area contributed by atoms with Crippen LogP contribution in [0.5, 0.6) is 0 Å². The van der Waals surface area contributed by atoms with Gasteiger partial charge in [-0.05, 0) is 19.9 Å². The van der Waals surface area contributed by atoms with Gasteiger partial charge in [-0.1, -0.05) is 0 Å². The zero-order valence-electron chi connectivity index (χ0n) is 13.4. The summed E-state index contributed by atoms with van der Waals surface area (Å²) in [5.41, 5.74) is 0.392. The summed E-state index contributed by atoms with van der Waals surface area (Å²) in [5.74, 6) is 1.69. The van der Waals surface area contributed by atoms with E-state index in [2.05, 4.69) is 36.2 Å². The molecule has 0 spiro atoms. The highest BCUT2D eigenvalue weighted by Gasteiger charge is 2.34. The molecule has 8 heteroatoms. The molecule has 2 aromatic rings. The Morgan fingerprint density at radius 3 is 2.87 bits per heavy atom. The van der Waals surface area contributed by atoms with Crippen LogP contribution in [0.15, 0.2) is 12.4 Å². The van der Waals surface area contributed by atoms with E-state index in [0.29, 0.717) is 12.3 Å². The number of aryl methyl sites for hydroxylation is 1. The third-order valence-electron chi connectivity index (χ3n) is 4.80. The van der Waals surface area contributed by atoms with Crippen molar-refractivity contribution in [1.29, 1.82) is 0 Å². The highest BCUT2D eigenvalue weighted by Crippen LogP contribution is 2.20. The van der Waals surface area contributed by atoms with Crippen LogP contribution in [-0.4, -0.2) is 81.0 Å². The number of nitrogens with one attached hydrogen (secondary N) is 1. The topological polar surface area (TPSA) is 81.8 Å². The van der Waals surface area contributed by atoms with Crippen molar-refractivity contribution in [3.05, 3.63) is 18.1 Å². The maximum absolute atomic E-state index is 10.5. The fraction of sp³-hybridized carbons (Fsp3) is 0.667. The second-order valence-electron chi connectivity index (χ2n) is 6.64. The number of anilines is 1. The predicted molar refractivity (Wildman–Crippen MR) is 86.6 cm³/mol. The third kappa shape index (κ3) is 2.89. The van der Waals surface area contributed by atoms with Crippen LogP contribution in [0.25, 0.3) is 5.78 Å². The number of piperazine rings is 1. The van der Waals surface area contributed by atoms with Gasteiger partial charge in [-0.3, -0.25) is 4.90 Å². The first-order valence-corrected chi connectivity index (χ1v) is 8.21. The van der Waals surface area contributed by atoms with Gasteiger partial charge in [0.05, 0.1) is 5.60 Å². The van der Waals surface area contributed by atoms with Gasteiger partial charge in [-0.2, -0.15) is 14.6 Å². The molecule has 8 nitrogen and oxygen atoms in total. The molecule has 2 aromatic heterocycles. The monoisotopic (exact) mass is 317 g/mol. The Labute approximate surface area is 135 Å². The third-order valence-corrected chi connectivity index (χ3v) is 4.80. The molecule has 124 valence electrons.